The van der Waals surface area contributed by atoms with Crippen LogP contribution in [0, 0.1) is 0 Å². The Morgan fingerprint density at radius 2 is 1.85 bits per heavy atom. The van der Waals surface area contributed by atoms with Crippen molar-refractivity contribution in [2.24, 2.45) is 0 Å². The van der Waals surface area contributed by atoms with Gasteiger partial charge in [0.15, 0.2) is 0 Å². The van der Waals surface area contributed by atoms with Gasteiger partial charge in [-0.3, -0.25) is 0 Å². The third kappa shape index (κ3) is 4.11. The number of likely N-dealkylation sites (N-methyl/N-ethyl adjacent to an activating group) is 1. The molecule has 0 aliphatic carbocycles. The lowest BCUT2D eigenvalue weighted by molar-refractivity contribution is 0.457. The first kappa shape index (κ1) is 10.3. The highest BCUT2D eigenvalue weighted by atomic mass is 35.5. The molecule has 70 valence electrons. The fourth-order valence-corrected chi connectivity index (χ4v) is 1.10. The van der Waals surface area contributed by atoms with Crippen LogP contribution in [0.2, 0.25) is 5.02 Å². The van der Waals surface area contributed by atoms with Crippen LogP contribution in [0.4, 0.5) is 0 Å². The monoisotopic (exact) mass is 195 g/mol. The summed E-state index contributed by atoms with van der Waals surface area (Å²) >= 11 is 5.76. The molecule has 2 heteroatoms. The van der Waals surface area contributed by atoms with Gasteiger partial charge in [0.1, 0.15) is 0 Å². The SMILES string of the molecule is CN(C)CC=Cc1ccc(Cl)cc1. The predicted molar refractivity (Wildman–Crippen MR) is 59.0 cm³/mol. The van der Waals surface area contributed by atoms with Crippen molar-refractivity contribution in [2.75, 3.05) is 20.6 Å². The van der Waals surface area contributed by atoms with E-state index in [1.54, 1.807) is 0 Å². The molecule has 0 amide bonds. The fourth-order valence-electron chi connectivity index (χ4n) is 0.973. The molecule has 0 aliphatic heterocycles. The highest BCUT2D eigenvalue weighted by Crippen LogP contribution is 2.10. The van der Waals surface area contributed by atoms with Gasteiger partial charge in [-0.2, -0.15) is 0 Å². The lowest BCUT2D eigenvalue weighted by atomic mass is 10.2. The zero-order valence-corrected chi connectivity index (χ0v) is 8.75. The van der Waals surface area contributed by atoms with Gasteiger partial charge in [-0.25, -0.2) is 0 Å². The van der Waals surface area contributed by atoms with Crippen molar-refractivity contribution < 1.29 is 0 Å². The largest absolute Gasteiger partial charge is 0.306 e. The molecule has 0 fully saturated rings. The lowest BCUT2D eigenvalue weighted by Gasteiger charge is -2.03. The Balaban J connectivity index is 2.54. The molecule has 13 heavy (non-hydrogen) atoms. The maximum atomic E-state index is 5.76. The quantitative estimate of drug-likeness (QED) is 0.717. The molecule has 0 atom stereocenters. The van der Waals surface area contributed by atoms with E-state index < -0.39 is 0 Å². The van der Waals surface area contributed by atoms with Crippen molar-refractivity contribution >= 4 is 17.7 Å². The minimum atomic E-state index is 0.782. The maximum absolute atomic E-state index is 5.76. The third-order valence-corrected chi connectivity index (χ3v) is 1.90. The summed E-state index contributed by atoms with van der Waals surface area (Å²) in [5.74, 6) is 0. The molecule has 0 radical (unpaired) electrons. The first-order valence-corrected chi connectivity index (χ1v) is 4.63. The average molecular weight is 196 g/mol. The van der Waals surface area contributed by atoms with E-state index in [1.807, 2.05) is 38.4 Å². The highest BCUT2D eigenvalue weighted by Gasteiger charge is 1.87. The van der Waals surface area contributed by atoms with Gasteiger partial charge in [0.05, 0.1) is 0 Å². The summed E-state index contributed by atoms with van der Waals surface area (Å²) in [5.41, 5.74) is 1.19. The summed E-state index contributed by atoms with van der Waals surface area (Å²) in [7, 11) is 4.10. The molecular formula is C11H14ClN. The molecule has 1 aromatic rings. The smallest absolute Gasteiger partial charge is 0.0406 e. The molecule has 0 bridgehead atoms. The van der Waals surface area contributed by atoms with Gasteiger partial charge >= 0.3 is 0 Å². The molecule has 0 spiro atoms. The van der Waals surface area contributed by atoms with Gasteiger partial charge in [0.2, 0.25) is 0 Å². The standard InChI is InChI=1S/C11H14ClN/c1-13(2)9-3-4-10-5-7-11(12)8-6-10/h3-8H,9H2,1-2H3. The molecule has 0 aromatic heterocycles. The van der Waals surface area contributed by atoms with Crippen LogP contribution >= 0.6 is 11.6 Å². The zero-order chi connectivity index (χ0) is 9.68. The fraction of sp³-hybridized carbons (Fsp3) is 0.273. The van der Waals surface area contributed by atoms with Crippen LogP contribution in [0.15, 0.2) is 30.3 Å². The van der Waals surface area contributed by atoms with Crippen molar-refractivity contribution in [1.82, 2.24) is 4.90 Å². The van der Waals surface area contributed by atoms with Gasteiger partial charge in [0.25, 0.3) is 0 Å². The molecule has 1 aromatic carbocycles. The topological polar surface area (TPSA) is 3.24 Å². The minimum absolute atomic E-state index is 0.782. The molecule has 1 rings (SSSR count). The van der Waals surface area contributed by atoms with Crippen LogP contribution in [-0.4, -0.2) is 25.5 Å². The second-order valence-electron chi connectivity index (χ2n) is 3.22. The molecule has 0 heterocycles. The molecular weight excluding hydrogens is 182 g/mol. The summed E-state index contributed by atoms with van der Waals surface area (Å²) in [6.07, 6.45) is 4.22. The number of halogens is 1. The summed E-state index contributed by atoms with van der Waals surface area (Å²) in [6.45, 7) is 0.961. The highest BCUT2D eigenvalue weighted by molar-refractivity contribution is 6.30. The lowest BCUT2D eigenvalue weighted by Crippen LogP contribution is -2.10. The van der Waals surface area contributed by atoms with Gasteiger partial charge in [-0.15, -0.1) is 0 Å². The maximum Gasteiger partial charge on any atom is 0.0406 e. The second kappa shape index (κ2) is 5.05. The molecule has 0 aliphatic rings. The minimum Gasteiger partial charge on any atom is -0.306 e. The predicted octanol–water partition coefficient (Wildman–Crippen LogP) is 2.91. The zero-order valence-electron chi connectivity index (χ0n) is 8.00. The molecule has 0 saturated heterocycles. The summed E-state index contributed by atoms with van der Waals surface area (Å²) in [4.78, 5) is 2.12. The Bertz CT molecular complexity index is 275. The summed E-state index contributed by atoms with van der Waals surface area (Å²) < 4.78 is 0. The second-order valence-corrected chi connectivity index (χ2v) is 3.65. The van der Waals surface area contributed by atoms with Crippen molar-refractivity contribution in [3.63, 3.8) is 0 Å². The first-order valence-electron chi connectivity index (χ1n) is 4.25. The van der Waals surface area contributed by atoms with Gasteiger partial charge in [0, 0.05) is 11.6 Å². The van der Waals surface area contributed by atoms with Crippen LogP contribution < -0.4 is 0 Å². The Morgan fingerprint density at radius 1 is 1.23 bits per heavy atom. The van der Waals surface area contributed by atoms with E-state index in [2.05, 4.69) is 17.1 Å². The Morgan fingerprint density at radius 3 is 2.38 bits per heavy atom. The van der Waals surface area contributed by atoms with Gasteiger partial charge in [-0.1, -0.05) is 35.9 Å². The van der Waals surface area contributed by atoms with E-state index in [4.69, 9.17) is 11.6 Å². The van der Waals surface area contributed by atoms with Crippen molar-refractivity contribution in [3.05, 3.63) is 40.9 Å². The Hall–Kier alpha value is -0.790. The van der Waals surface area contributed by atoms with Crippen LogP contribution in [0.1, 0.15) is 5.56 Å². The number of rotatable bonds is 3. The van der Waals surface area contributed by atoms with Crippen LogP contribution in [0.25, 0.3) is 6.08 Å². The Kier molecular flexibility index (Phi) is 4.00. The van der Waals surface area contributed by atoms with E-state index >= 15 is 0 Å². The summed E-state index contributed by atoms with van der Waals surface area (Å²) in [5, 5.41) is 0.782. The van der Waals surface area contributed by atoms with Crippen LogP contribution in [-0.2, 0) is 0 Å². The number of hydrogen-bond donors (Lipinski definition) is 0. The average Bonchev–Trinajstić information content (AvgIpc) is 2.08. The van der Waals surface area contributed by atoms with Gasteiger partial charge < -0.3 is 4.90 Å². The number of nitrogens with zero attached hydrogens (tertiary/aromatic N) is 1. The van der Waals surface area contributed by atoms with Crippen molar-refractivity contribution in [1.29, 1.82) is 0 Å². The van der Waals surface area contributed by atoms with Crippen molar-refractivity contribution in [3.8, 4) is 0 Å². The molecule has 1 nitrogen and oxygen atoms in total. The number of hydrogen-bond acceptors (Lipinski definition) is 1. The van der Waals surface area contributed by atoms with Crippen LogP contribution in [0.3, 0.4) is 0 Å². The van der Waals surface area contributed by atoms with E-state index in [1.165, 1.54) is 5.56 Å². The molecule has 0 N–H and O–H groups in total. The van der Waals surface area contributed by atoms with E-state index in [0.717, 1.165) is 11.6 Å². The van der Waals surface area contributed by atoms with Crippen molar-refractivity contribution in [2.45, 2.75) is 0 Å². The first-order chi connectivity index (χ1) is 6.18. The van der Waals surface area contributed by atoms with Crippen LogP contribution in [0.5, 0.6) is 0 Å². The molecule has 0 unspecified atom stereocenters. The van der Waals surface area contributed by atoms with Gasteiger partial charge in [-0.05, 0) is 31.8 Å². The third-order valence-electron chi connectivity index (χ3n) is 1.65. The molecule has 0 saturated carbocycles. The van der Waals surface area contributed by atoms with E-state index in [0.29, 0.717) is 0 Å². The normalized spacial score (nSPS) is 11.4. The van der Waals surface area contributed by atoms with E-state index in [9.17, 15) is 0 Å². The number of benzene rings is 1. The van der Waals surface area contributed by atoms with E-state index in [-0.39, 0.29) is 0 Å². The summed E-state index contributed by atoms with van der Waals surface area (Å²) in [6, 6.07) is 7.82. The Labute approximate surface area is 84.6 Å².